The number of hydrogen-bond donors (Lipinski definition) is 3. The number of alkyl halides is 3. The molecule has 31 heavy (non-hydrogen) atoms. The zero-order chi connectivity index (χ0) is 23.6. The monoisotopic (exact) mass is 463 g/mol. The summed E-state index contributed by atoms with van der Waals surface area (Å²) in [6.07, 6.45) is -2.97. The molecule has 172 valence electrons. The van der Waals surface area contributed by atoms with Crippen LogP contribution in [0.1, 0.15) is 26.3 Å². The van der Waals surface area contributed by atoms with Gasteiger partial charge in [0, 0.05) is 36.3 Å². The van der Waals surface area contributed by atoms with Crippen molar-refractivity contribution in [2.75, 3.05) is 23.4 Å². The number of benzene rings is 1. The van der Waals surface area contributed by atoms with E-state index in [2.05, 4.69) is 15.6 Å². The average molecular weight is 463 g/mol. The highest BCUT2D eigenvalue weighted by Crippen LogP contribution is 2.38. The van der Waals surface area contributed by atoms with Gasteiger partial charge in [-0.3, -0.25) is 0 Å². The van der Waals surface area contributed by atoms with Gasteiger partial charge in [0.2, 0.25) is 0 Å². The number of pyridine rings is 1. The molecule has 0 amide bonds. The number of anilines is 2. The quantitative estimate of drug-likeness (QED) is 0.514. The fourth-order valence-electron chi connectivity index (χ4n) is 2.70. The average Bonchev–Trinajstić information content (AvgIpc) is 2.64. The highest BCUT2D eigenvalue weighted by atomic mass is 32.2. The van der Waals surface area contributed by atoms with Crippen molar-refractivity contribution in [3.63, 3.8) is 0 Å². The van der Waals surface area contributed by atoms with Gasteiger partial charge in [0.15, 0.2) is 15.4 Å². The van der Waals surface area contributed by atoms with Crippen LogP contribution in [0.4, 0.5) is 29.1 Å². The van der Waals surface area contributed by atoms with Crippen LogP contribution in [-0.2, 0) is 15.4 Å². The van der Waals surface area contributed by atoms with Crippen molar-refractivity contribution < 1.29 is 31.1 Å². The van der Waals surface area contributed by atoms with Gasteiger partial charge >= 0.3 is 6.18 Å². The number of aromatic nitrogens is 1. The molecule has 0 radical (unpaired) electrons. The van der Waals surface area contributed by atoms with Gasteiger partial charge in [-0.25, -0.2) is 17.8 Å². The summed E-state index contributed by atoms with van der Waals surface area (Å²) >= 11 is 0. The first-order valence-electron chi connectivity index (χ1n) is 9.38. The summed E-state index contributed by atoms with van der Waals surface area (Å²) in [6.45, 7) is 4.78. The van der Waals surface area contributed by atoms with E-state index < -0.39 is 32.3 Å². The van der Waals surface area contributed by atoms with Crippen LogP contribution in [0.25, 0.3) is 0 Å². The van der Waals surface area contributed by atoms with Crippen LogP contribution in [0.5, 0.6) is 0 Å². The maximum atomic E-state index is 13.8. The molecule has 3 N–H and O–H groups in total. The SMILES string of the molecule is CC(C)[C@H](CNc1ccc(F)c(S(C)(=O)=O)c1)Nc1ccc(C(C)(O)C(F)(F)F)cn1. The number of halogens is 4. The summed E-state index contributed by atoms with van der Waals surface area (Å²) in [7, 11) is -3.73. The summed E-state index contributed by atoms with van der Waals surface area (Å²) in [5.41, 5.74) is -3.00. The maximum Gasteiger partial charge on any atom is 0.421 e. The summed E-state index contributed by atoms with van der Waals surface area (Å²) in [4.78, 5) is 3.55. The van der Waals surface area contributed by atoms with E-state index in [1.165, 1.54) is 18.2 Å². The lowest BCUT2D eigenvalue weighted by Crippen LogP contribution is -2.39. The van der Waals surface area contributed by atoms with E-state index in [0.717, 1.165) is 24.6 Å². The van der Waals surface area contributed by atoms with E-state index in [0.29, 0.717) is 25.0 Å². The smallest absolute Gasteiger partial charge is 0.383 e. The minimum atomic E-state index is -4.84. The fraction of sp³-hybridized carbons (Fsp3) is 0.450. The summed E-state index contributed by atoms with van der Waals surface area (Å²) < 4.78 is 76.0. The third-order valence-electron chi connectivity index (χ3n) is 4.87. The van der Waals surface area contributed by atoms with Gasteiger partial charge in [-0.2, -0.15) is 13.2 Å². The standard InChI is InChI=1S/C20H25F4N3O3S/c1-12(2)16(11-25-14-6-7-15(21)17(9-14)31(4,29)30)27-18-8-5-13(10-26-18)19(3,28)20(22,23)24/h5-10,12,16,25,28H,11H2,1-4H3,(H,26,27)/t16-,19?/m0/s1. The van der Waals surface area contributed by atoms with Crippen molar-refractivity contribution in [1.29, 1.82) is 0 Å². The van der Waals surface area contributed by atoms with Crippen molar-refractivity contribution in [2.24, 2.45) is 5.92 Å². The molecule has 6 nitrogen and oxygen atoms in total. The predicted molar refractivity (Wildman–Crippen MR) is 110 cm³/mol. The normalized spacial score (nSPS) is 15.4. The Kier molecular flexibility index (Phi) is 7.21. The Morgan fingerprint density at radius 1 is 1.16 bits per heavy atom. The van der Waals surface area contributed by atoms with Crippen LogP contribution >= 0.6 is 0 Å². The van der Waals surface area contributed by atoms with Crippen LogP contribution in [0.15, 0.2) is 41.4 Å². The third-order valence-corrected chi connectivity index (χ3v) is 5.98. The van der Waals surface area contributed by atoms with Gasteiger partial charge in [0.1, 0.15) is 16.5 Å². The molecule has 2 rings (SSSR count). The lowest BCUT2D eigenvalue weighted by atomic mass is 9.97. The molecule has 0 spiro atoms. The number of aliphatic hydroxyl groups is 1. The zero-order valence-electron chi connectivity index (χ0n) is 17.5. The Balaban J connectivity index is 2.13. The minimum absolute atomic E-state index is 0.0575. The first kappa shape index (κ1) is 24.9. The molecule has 1 aromatic carbocycles. The molecule has 2 atom stereocenters. The Morgan fingerprint density at radius 3 is 2.29 bits per heavy atom. The molecule has 2 aromatic rings. The van der Waals surface area contributed by atoms with E-state index in [4.69, 9.17) is 0 Å². The zero-order valence-corrected chi connectivity index (χ0v) is 18.3. The molecule has 1 aromatic heterocycles. The Morgan fingerprint density at radius 2 is 1.81 bits per heavy atom. The van der Waals surface area contributed by atoms with Gasteiger partial charge < -0.3 is 15.7 Å². The first-order valence-corrected chi connectivity index (χ1v) is 11.3. The van der Waals surface area contributed by atoms with Gasteiger partial charge in [-0.05, 0) is 37.1 Å². The highest BCUT2D eigenvalue weighted by molar-refractivity contribution is 7.90. The second kappa shape index (κ2) is 8.99. The lowest BCUT2D eigenvalue weighted by molar-refractivity contribution is -0.259. The molecular weight excluding hydrogens is 438 g/mol. The molecule has 11 heteroatoms. The molecule has 0 fully saturated rings. The van der Waals surface area contributed by atoms with Gasteiger partial charge in [0.25, 0.3) is 0 Å². The predicted octanol–water partition coefficient (Wildman–Crippen LogP) is 3.94. The second-order valence-electron chi connectivity index (χ2n) is 7.80. The topological polar surface area (TPSA) is 91.3 Å². The van der Waals surface area contributed by atoms with Crippen LogP contribution in [0.3, 0.4) is 0 Å². The largest absolute Gasteiger partial charge is 0.421 e. The van der Waals surface area contributed by atoms with Crippen molar-refractivity contribution in [3.05, 3.63) is 47.9 Å². The Hall–Kier alpha value is -2.40. The number of hydrogen-bond acceptors (Lipinski definition) is 6. The molecule has 1 heterocycles. The highest BCUT2D eigenvalue weighted by Gasteiger charge is 2.51. The molecule has 0 bridgehead atoms. The lowest BCUT2D eigenvalue weighted by Gasteiger charge is -2.27. The molecule has 0 aliphatic heterocycles. The Labute approximate surface area is 178 Å². The van der Waals surface area contributed by atoms with Crippen LogP contribution in [0, 0.1) is 11.7 Å². The van der Waals surface area contributed by atoms with Crippen molar-refractivity contribution in [2.45, 2.75) is 43.5 Å². The summed E-state index contributed by atoms with van der Waals surface area (Å²) in [5, 5.41) is 15.9. The van der Waals surface area contributed by atoms with Crippen molar-refractivity contribution in [1.82, 2.24) is 4.98 Å². The molecule has 0 saturated heterocycles. The fourth-order valence-corrected chi connectivity index (χ4v) is 3.46. The minimum Gasteiger partial charge on any atom is -0.383 e. The van der Waals surface area contributed by atoms with Crippen LogP contribution < -0.4 is 10.6 Å². The van der Waals surface area contributed by atoms with E-state index >= 15 is 0 Å². The molecular formula is C20H25F4N3O3S. The van der Waals surface area contributed by atoms with Gasteiger partial charge in [0.05, 0.1) is 0 Å². The summed E-state index contributed by atoms with van der Waals surface area (Å²) in [5.74, 6) is -0.481. The third kappa shape index (κ3) is 6.07. The molecule has 0 aliphatic carbocycles. The number of nitrogens with one attached hydrogen (secondary N) is 2. The molecule has 1 unspecified atom stereocenters. The van der Waals surface area contributed by atoms with Gasteiger partial charge in [-0.15, -0.1) is 0 Å². The first-order chi connectivity index (χ1) is 14.1. The molecule has 0 aliphatic rings. The maximum absolute atomic E-state index is 13.8. The van der Waals surface area contributed by atoms with E-state index in [1.807, 2.05) is 13.8 Å². The number of sulfone groups is 1. The number of rotatable bonds is 8. The van der Waals surface area contributed by atoms with Crippen molar-refractivity contribution >= 4 is 21.3 Å². The van der Waals surface area contributed by atoms with E-state index in [9.17, 15) is 31.1 Å². The molecule has 0 saturated carbocycles. The van der Waals surface area contributed by atoms with E-state index in [1.54, 1.807) is 0 Å². The van der Waals surface area contributed by atoms with Crippen LogP contribution in [0.2, 0.25) is 0 Å². The second-order valence-corrected chi connectivity index (χ2v) is 9.78. The van der Waals surface area contributed by atoms with Crippen LogP contribution in [-0.4, -0.2) is 43.5 Å². The van der Waals surface area contributed by atoms with Gasteiger partial charge in [-0.1, -0.05) is 19.9 Å². The van der Waals surface area contributed by atoms with E-state index in [-0.39, 0.29) is 17.5 Å². The number of nitrogens with zero attached hydrogens (tertiary/aromatic N) is 1. The van der Waals surface area contributed by atoms with Crippen molar-refractivity contribution in [3.8, 4) is 0 Å². The Bertz CT molecular complexity index is 1010. The summed E-state index contributed by atoms with van der Waals surface area (Å²) in [6, 6.07) is 5.91.